The Labute approximate surface area is 334 Å². The molecule has 0 heterocycles. The molecule has 0 N–H and O–H groups in total. The second-order valence-corrected chi connectivity index (χ2v) is 14.3. The van der Waals surface area contributed by atoms with Gasteiger partial charge in [0.25, 0.3) is 0 Å². The fourth-order valence-corrected chi connectivity index (χ4v) is 7.92. The number of terminal acetylenes is 1. The molecule has 0 amide bonds. The summed E-state index contributed by atoms with van der Waals surface area (Å²) in [5, 5.41) is 9.19. The number of allylic oxidation sites excluding steroid dienone is 3. The number of fused-ring (bicyclic) bond motifs is 4. The summed E-state index contributed by atoms with van der Waals surface area (Å²) in [6, 6.07) is 64.9. The second-order valence-electron chi connectivity index (χ2n) is 14.3. The summed E-state index contributed by atoms with van der Waals surface area (Å²) in [5.41, 5.74) is 9.10. The van der Waals surface area contributed by atoms with E-state index in [9.17, 15) is 0 Å². The maximum absolute atomic E-state index is 6.55. The van der Waals surface area contributed by atoms with Crippen LogP contribution < -0.4 is 9.80 Å². The second kappa shape index (κ2) is 15.3. The summed E-state index contributed by atoms with van der Waals surface area (Å²) in [6.45, 7) is 6.20. The molecule has 57 heavy (non-hydrogen) atoms. The first kappa shape index (κ1) is 35.1. The Balaban J connectivity index is 1.37. The molecule has 0 fully saturated rings. The number of hydrogen-bond acceptors (Lipinski definition) is 2. The lowest BCUT2D eigenvalue weighted by molar-refractivity contribution is 1.24. The summed E-state index contributed by atoms with van der Waals surface area (Å²) in [7, 11) is 0. The molecular formula is C55H40N2. The van der Waals surface area contributed by atoms with Crippen molar-refractivity contribution >= 4 is 83.7 Å². The van der Waals surface area contributed by atoms with E-state index in [0.717, 1.165) is 67.0 Å². The number of benzene rings is 9. The summed E-state index contributed by atoms with van der Waals surface area (Å²) < 4.78 is 0. The van der Waals surface area contributed by atoms with Gasteiger partial charge < -0.3 is 9.80 Å². The summed E-state index contributed by atoms with van der Waals surface area (Å²) in [6.07, 6.45) is 14.7. The first-order valence-corrected chi connectivity index (χ1v) is 19.2. The molecule has 9 rings (SSSR count). The van der Waals surface area contributed by atoms with E-state index in [-0.39, 0.29) is 0 Å². The molecule has 0 aliphatic carbocycles. The van der Waals surface area contributed by atoms with Crippen LogP contribution in [0.4, 0.5) is 28.4 Å². The van der Waals surface area contributed by atoms with E-state index in [2.05, 4.69) is 223 Å². The number of rotatable bonds is 9. The number of anilines is 5. The van der Waals surface area contributed by atoms with Crippen molar-refractivity contribution in [3.05, 3.63) is 223 Å². The third-order valence-corrected chi connectivity index (χ3v) is 10.7. The van der Waals surface area contributed by atoms with E-state index in [1.165, 1.54) is 26.9 Å². The fraction of sp³-hybridized carbons (Fsp3) is 0.0182. The predicted molar refractivity (Wildman–Crippen MR) is 247 cm³/mol. The standard InChI is InChI=1S/C55H40N2/c1-4-6-18-47-38-54(56(48(5-2)34-43-22-8-7-17-39(43)3)49-31-28-40-19-9-12-23-44(40)35-49)52-26-15-16-27-53(52)55(47)57(50-32-29-41-20-10-13-24-45(41)36-50)51-33-30-42-21-11-14-25-46(42)37-51/h2,4,6-38H,1H2,3H3/b18-6-,48-34+. The molecule has 0 radical (unpaired) electrons. The molecule has 9 aromatic carbocycles. The molecule has 0 atom stereocenters. The maximum atomic E-state index is 6.55. The van der Waals surface area contributed by atoms with Crippen LogP contribution in [0, 0.1) is 19.3 Å². The van der Waals surface area contributed by atoms with Crippen LogP contribution in [0.2, 0.25) is 0 Å². The van der Waals surface area contributed by atoms with Crippen LogP contribution in [0.3, 0.4) is 0 Å². The summed E-state index contributed by atoms with van der Waals surface area (Å²) >= 11 is 0. The highest BCUT2D eigenvalue weighted by molar-refractivity contribution is 6.11. The van der Waals surface area contributed by atoms with Crippen LogP contribution in [0.25, 0.3) is 55.2 Å². The summed E-state index contributed by atoms with van der Waals surface area (Å²) in [5.74, 6) is 3.12. The van der Waals surface area contributed by atoms with Gasteiger partial charge in [-0.15, -0.1) is 6.42 Å². The normalized spacial score (nSPS) is 11.7. The lowest BCUT2D eigenvalue weighted by atomic mass is 9.96. The van der Waals surface area contributed by atoms with Crippen molar-refractivity contribution in [1.29, 1.82) is 0 Å². The van der Waals surface area contributed by atoms with Crippen LogP contribution in [-0.2, 0) is 0 Å². The van der Waals surface area contributed by atoms with Crippen molar-refractivity contribution in [2.45, 2.75) is 6.92 Å². The van der Waals surface area contributed by atoms with E-state index in [0.29, 0.717) is 0 Å². The zero-order chi connectivity index (χ0) is 38.7. The van der Waals surface area contributed by atoms with Gasteiger partial charge in [-0.25, -0.2) is 0 Å². The summed E-state index contributed by atoms with van der Waals surface area (Å²) in [4.78, 5) is 4.64. The van der Waals surface area contributed by atoms with Crippen LogP contribution in [0.5, 0.6) is 0 Å². The average Bonchev–Trinajstić information content (AvgIpc) is 3.26. The van der Waals surface area contributed by atoms with Gasteiger partial charge in [-0.1, -0.05) is 170 Å². The number of hydrogen-bond donors (Lipinski definition) is 0. The lowest BCUT2D eigenvalue weighted by Crippen LogP contribution is -2.18. The zero-order valence-electron chi connectivity index (χ0n) is 31.8. The topological polar surface area (TPSA) is 6.48 Å². The smallest absolute Gasteiger partial charge is 0.0973 e. The third kappa shape index (κ3) is 6.73. The average molecular weight is 729 g/mol. The van der Waals surface area contributed by atoms with Crippen LogP contribution >= 0.6 is 0 Å². The van der Waals surface area contributed by atoms with Gasteiger partial charge >= 0.3 is 0 Å². The van der Waals surface area contributed by atoms with Gasteiger partial charge in [-0.3, -0.25) is 0 Å². The Morgan fingerprint density at radius 3 is 1.58 bits per heavy atom. The Hall–Kier alpha value is -7.60. The molecule has 0 spiro atoms. The number of nitrogens with zero attached hydrogens (tertiary/aromatic N) is 2. The maximum Gasteiger partial charge on any atom is 0.0973 e. The van der Waals surface area contributed by atoms with Crippen molar-refractivity contribution in [3.63, 3.8) is 0 Å². The van der Waals surface area contributed by atoms with Crippen LogP contribution in [0.1, 0.15) is 16.7 Å². The third-order valence-electron chi connectivity index (χ3n) is 10.7. The number of aryl methyl sites for hydroxylation is 1. The molecule has 0 bridgehead atoms. The highest BCUT2D eigenvalue weighted by atomic mass is 15.2. The minimum atomic E-state index is 0.733. The van der Waals surface area contributed by atoms with Crippen LogP contribution in [0.15, 0.2) is 206 Å². The molecule has 0 aliphatic rings. The molecule has 2 heteroatoms. The highest BCUT2D eigenvalue weighted by Crippen LogP contribution is 2.48. The minimum absolute atomic E-state index is 0.733. The molecule has 270 valence electrons. The van der Waals surface area contributed by atoms with Crippen molar-refractivity contribution in [2.75, 3.05) is 9.80 Å². The van der Waals surface area contributed by atoms with Crippen molar-refractivity contribution in [2.24, 2.45) is 0 Å². The largest absolute Gasteiger partial charge is 0.309 e. The van der Waals surface area contributed by atoms with E-state index < -0.39 is 0 Å². The Bertz CT molecular complexity index is 3010. The molecule has 0 saturated heterocycles. The van der Waals surface area contributed by atoms with Crippen molar-refractivity contribution in [3.8, 4) is 12.3 Å². The zero-order valence-corrected chi connectivity index (χ0v) is 31.8. The quantitative estimate of drug-likeness (QED) is 0.108. The first-order chi connectivity index (χ1) is 28.1. The molecule has 0 aliphatic heterocycles. The van der Waals surface area contributed by atoms with Crippen molar-refractivity contribution < 1.29 is 0 Å². The molecular weight excluding hydrogens is 689 g/mol. The van der Waals surface area contributed by atoms with E-state index >= 15 is 0 Å². The van der Waals surface area contributed by atoms with Gasteiger partial charge in [0.1, 0.15) is 0 Å². The Kier molecular flexibility index (Phi) is 9.41. The molecule has 0 unspecified atom stereocenters. The van der Waals surface area contributed by atoms with Crippen molar-refractivity contribution in [1.82, 2.24) is 0 Å². The van der Waals surface area contributed by atoms with Gasteiger partial charge in [0.15, 0.2) is 0 Å². The van der Waals surface area contributed by atoms with Crippen LogP contribution in [-0.4, -0.2) is 0 Å². The van der Waals surface area contributed by atoms with Gasteiger partial charge in [0, 0.05) is 33.4 Å². The monoisotopic (exact) mass is 728 g/mol. The highest BCUT2D eigenvalue weighted by Gasteiger charge is 2.25. The van der Waals surface area contributed by atoms with Gasteiger partial charge in [-0.2, -0.15) is 0 Å². The van der Waals surface area contributed by atoms with E-state index in [1.807, 2.05) is 12.2 Å². The lowest BCUT2D eigenvalue weighted by Gasteiger charge is -2.32. The van der Waals surface area contributed by atoms with E-state index in [4.69, 9.17) is 6.42 Å². The van der Waals surface area contributed by atoms with E-state index in [1.54, 1.807) is 0 Å². The Morgan fingerprint density at radius 2 is 1.02 bits per heavy atom. The molecule has 0 aromatic heterocycles. The fourth-order valence-electron chi connectivity index (χ4n) is 7.92. The van der Waals surface area contributed by atoms with Gasteiger partial charge in [0.2, 0.25) is 0 Å². The molecule has 9 aromatic rings. The SMILES string of the molecule is C#C/C(=C\c1ccccc1C)N(c1ccc2ccccc2c1)c1cc(/C=C\C=C)c(N(c2ccc3ccccc3c2)c2ccc3ccccc3c2)c2ccccc12. The minimum Gasteiger partial charge on any atom is -0.309 e. The van der Waals surface area contributed by atoms with Gasteiger partial charge in [0.05, 0.1) is 17.1 Å². The van der Waals surface area contributed by atoms with Gasteiger partial charge in [-0.05, 0) is 98.9 Å². The Morgan fingerprint density at radius 1 is 0.526 bits per heavy atom. The molecule has 0 saturated carbocycles. The first-order valence-electron chi connectivity index (χ1n) is 19.2. The molecule has 2 nitrogen and oxygen atoms in total. The predicted octanol–water partition coefficient (Wildman–Crippen LogP) is 15.1.